The molecule has 8 heteroatoms. The molecular formula is C15H23IN6S. The first-order chi connectivity index (χ1) is 10.8. The summed E-state index contributed by atoms with van der Waals surface area (Å²) in [6.07, 6.45) is 3.81. The quantitative estimate of drug-likeness (QED) is 0.296. The van der Waals surface area contributed by atoms with Crippen molar-refractivity contribution in [2.75, 3.05) is 25.1 Å². The largest absolute Gasteiger partial charge is 0.357 e. The Labute approximate surface area is 158 Å². The number of hydrogen-bond acceptors (Lipinski definition) is 4. The van der Waals surface area contributed by atoms with Gasteiger partial charge in [0.2, 0.25) is 0 Å². The molecule has 2 rings (SSSR count). The number of thioether (sulfide) groups is 1. The molecule has 2 N–H and O–H groups in total. The third-order valence-electron chi connectivity index (χ3n) is 2.97. The first-order valence-corrected chi connectivity index (χ1v) is 8.70. The van der Waals surface area contributed by atoms with Gasteiger partial charge in [0.15, 0.2) is 11.8 Å². The van der Waals surface area contributed by atoms with Gasteiger partial charge in [-0.1, -0.05) is 18.2 Å². The van der Waals surface area contributed by atoms with E-state index < -0.39 is 0 Å². The summed E-state index contributed by atoms with van der Waals surface area (Å²) in [6.45, 7) is 4.25. The van der Waals surface area contributed by atoms with Gasteiger partial charge >= 0.3 is 0 Å². The van der Waals surface area contributed by atoms with Gasteiger partial charge in [-0.3, -0.25) is 4.57 Å². The van der Waals surface area contributed by atoms with E-state index in [0.717, 1.165) is 36.3 Å². The molecule has 0 radical (unpaired) electrons. The van der Waals surface area contributed by atoms with Crippen molar-refractivity contribution >= 4 is 41.7 Å². The van der Waals surface area contributed by atoms with Crippen LogP contribution in [0.2, 0.25) is 0 Å². The van der Waals surface area contributed by atoms with Crippen LogP contribution in [0.15, 0.2) is 41.7 Å². The van der Waals surface area contributed by atoms with E-state index in [1.165, 1.54) is 0 Å². The number of hydrogen-bond donors (Lipinski definition) is 2. The van der Waals surface area contributed by atoms with Gasteiger partial charge in [0, 0.05) is 24.5 Å². The molecule has 0 aliphatic carbocycles. The zero-order chi connectivity index (χ0) is 15.6. The maximum absolute atomic E-state index is 4.58. The number of halogens is 1. The molecule has 0 bridgehead atoms. The second-order valence-corrected chi connectivity index (χ2v) is 5.55. The van der Waals surface area contributed by atoms with Gasteiger partial charge in [0.25, 0.3) is 0 Å². The lowest BCUT2D eigenvalue weighted by Gasteiger charge is -2.10. The van der Waals surface area contributed by atoms with Crippen molar-refractivity contribution in [1.82, 2.24) is 25.4 Å². The van der Waals surface area contributed by atoms with Gasteiger partial charge in [-0.05, 0) is 25.3 Å². The normalized spacial score (nSPS) is 11.0. The van der Waals surface area contributed by atoms with Gasteiger partial charge in [-0.25, -0.2) is 4.99 Å². The Hall–Kier alpha value is -1.29. The average molecular weight is 446 g/mol. The van der Waals surface area contributed by atoms with Crippen LogP contribution in [0.3, 0.4) is 0 Å². The molecule has 1 heterocycles. The molecule has 0 aliphatic rings. The standard InChI is InChI=1S/C15H22N6S.HI/c1-3-16-15(17-9-10-22-2)18-11-14-20-19-12-21(14)13-7-5-4-6-8-13;/h4-8,12H,3,9-11H2,1-2H3,(H2,16,17,18);1H. The lowest BCUT2D eigenvalue weighted by Crippen LogP contribution is -2.38. The molecule has 1 aromatic carbocycles. The number of rotatable bonds is 7. The van der Waals surface area contributed by atoms with Crippen molar-refractivity contribution < 1.29 is 0 Å². The Bertz CT molecular complexity index is 587. The van der Waals surface area contributed by atoms with E-state index in [-0.39, 0.29) is 24.0 Å². The zero-order valence-electron chi connectivity index (χ0n) is 13.4. The minimum Gasteiger partial charge on any atom is -0.357 e. The number of guanidine groups is 1. The molecule has 0 atom stereocenters. The average Bonchev–Trinajstić information content (AvgIpc) is 3.02. The van der Waals surface area contributed by atoms with Gasteiger partial charge < -0.3 is 10.6 Å². The molecule has 126 valence electrons. The van der Waals surface area contributed by atoms with Crippen LogP contribution in [0.1, 0.15) is 12.7 Å². The molecule has 23 heavy (non-hydrogen) atoms. The van der Waals surface area contributed by atoms with E-state index in [9.17, 15) is 0 Å². The number of benzene rings is 1. The molecular weight excluding hydrogens is 423 g/mol. The van der Waals surface area contributed by atoms with Crippen LogP contribution in [-0.4, -0.2) is 45.8 Å². The Morgan fingerprint density at radius 1 is 1.26 bits per heavy atom. The fourth-order valence-electron chi connectivity index (χ4n) is 1.93. The predicted molar refractivity (Wildman–Crippen MR) is 108 cm³/mol. The van der Waals surface area contributed by atoms with Gasteiger partial charge in [-0.15, -0.1) is 34.2 Å². The Kier molecular flexibility index (Phi) is 9.69. The molecule has 0 fully saturated rings. The molecule has 6 nitrogen and oxygen atoms in total. The Morgan fingerprint density at radius 2 is 2.04 bits per heavy atom. The second kappa shape index (κ2) is 11.3. The van der Waals surface area contributed by atoms with Crippen LogP contribution in [-0.2, 0) is 6.54 Å². The monoisotopic (exact) mass is 446 g/mol. The van der Waals surface area contributed by atoms with Crippen LogP contribution in [0.25, 0.3) is 5.69 Å². The number of nitrogens with zero attached hydrogens (tertiary/aromatic N) is 4. The first kappa shape index (κ1) is 19.8. The van der Waals surface area contributed by atoms with E-state index in [4.69, 9.17) is 0 Å². The van der Waals surface area contributed by atoms with Gasteiger partial charge in [0.1, 0.15) is 12.9 Å². The van der Waals surface area contributed by atoms with Crippen LogP contribution < -0.4 is 10.6 Å². The van der Waals surface area contributed by atoms with Crippen LogP contribution >= 0.6 is 35.7 Å². The summed E-state index contributed by atoms with van der Waals surface area (Å²) in [5.41, 5.74) is 1.04. The Morgan fingerprint density at radius 3 is 2.74 bits per heavy atom. The molecule has 0 unspecified atom stereocenters. The molecule has 2 aromatic rings. The number of para-hydroxylation sites is 1. The predicted octanol–water partition coefficient (Wildman–Crippen LogP) is 2.30. The topological polar surface area (TPSA) is 67.1 Å². The summed E-state index contributed by atoms with van der Waals surface area (Å²) < 4.78 is 1.95. The summed E-state index contributed by atoms with van der Waals surface area (Å²) in [4.78, 5) is 4.58. The highest BCUT2D eigenvalue weighted by Gasteiger charge is 2.06. The van der Waals surface area contributed by atoms with E-state index in [1.807, 2.05) is 34.9 Å². The minimum atomic E-state index is 0. The summed E-state index contributed by atoms with van der Waals surface area (Å²) in [6, 6.07) is 10.0. The SMILES string of the molecule is CCNC(=NCc1nncn1-c1ccccc1)NCCSC.I. The summed E-state index contributed by atoms with van der Waals surface area (Å²) in [5, 5.41) is 14.7. The summed E-state index contributed by atoms with van der Waals surface area (Å²) >= 11 is 1.81. The van der Waals surface area contributed by atoms with Crippen molar-refractivity contribution in [3.05, 3.63) is 42.5 Å². The first-order valence-electron chi connectivity index (χ1n) is 7.30. The Balaban J connectivity index is 0.00000264. The van der Waals surface area contributed by atoms with E-state index in [0.29, 0.717) is 6.54 Å². The van der Waals surface area contributed by atoms with Crippen molar-refractivity contribution in [1.29, 1.82) is 0 Å². The molecule has 0 aliphatic heterocycles. The van der Waals surface area contributed by atoms with Gasteiger partial charge in [0.05, 0.1) is 0 Å². The number of nitrogens with one attached hydrogen (secondary N) is 2. The molecule has 0 amide bonds. The summed E-state index contributed by atoms with van der Waals surface area (Å²) in [5.74, 6) is 2.66. The minimum absolute atomic E-state index is 0. The lowest BCUT2D eigenvalue weighted by molar-refractivity contribution is 0.810. The number of aliphatic imine (C=N–C) groups is 1. The summed E-state index contributed by atoms with van der Waals surface area (Å²) in [7, 11) is 0. The molecule has 0 spiro atoms. The van der Waals surface area contributed by atoms with Crippen LogP contribution in [0.5, 0.6) is 0 Å². The maximum atomic E-state index is 4.58. The highest BCUT2D eigenvalue weighted by atomic mass is 127. The number of aromatic nitrogens is 3. The van der Waals surface area contributed by atoms with Crippen LogP contribution in [0.4, 0.5) is 0 Å². The van der Waals surface area contributed by atoms with E-state index >= 15 is 0 Å². The molecule has 1 aromatic heterocycles. The van der Waals surface area contributed by atoms with Crippen molar-refractivity contribution in [3.8, 4) is 5.69 Å². The third kappa shape index (κ3) is 6.38. The molecule has 0 saturated carbocycles. The van der Waals surface area contributed by atoms with E-state index in [2.05, 4.69) is 39.0 Å². The maximum Gasteiger partial charge on any atom is 0.191 e. The fourth-order valence-corrected chi connectivity index (χ4v) is 2.24. The highest BCUT2D eigenvalue weighted by molar-refractivity contribution is 14.0. The van der Waals surface area contributed by atoms with Crippen molar-refractivity contribution in [2.45, 2.75) is 13.5 Å². The van der Waals surface area contributed by atoms with E-state index in [1.54, 1.807) is 18.1 Å². The van der Waals surface area contributed by atoms with Crippen molar-refractivity contribution in [2.24, 2.45) is 4.99 Å². The smallest absolute Gasteiger partial charge is 0.191 e. The zero-order valence-corrected chi connectivity index (χ0v) is 16.5. The molecule has 0 saturated heterocycles. The lowest BCUT2D eigenvalue weighted by atomic mass is 10.3. The fraction of sp³-hybridized carbons (Fsp3) is 0.400. The third-order valence-corrected chi connectivity index (χ3v) is 3.59. The van der Waals surface area contributed by atoms with Crippen molar-refractivity contribution in [3.63, 3.8) is 0 Å². The highest BCUT2D eigenvalue weighted by Crippen LogP contribution is 2.09. The second-order valence-electron chi connectivity index (χ2n) is 4.57. The van der Waals surface area contributed by atoms with Crippen LogP contribution in [0, 0.1) is 0 Å². The van der Waals surface area contributed by atoms with Gasteiger partial charge in [-0.2, -0.15) is 11.8 Å².